The van der Waals surface area contributed by atoms with E-state index in [0.29, 0.717) is 6.04 Å². The van der Waals surface area contributed by atoms with Gasteiger partial charge in [0.1, 0.15) is 5.82 Å². The fourth-order valence-electron chi connectivity index (χ4n) is 2.01. The summed E-state index contributed by atoms with van der Waals surface area (Å²) in [5.41, 5.74) is -0.155. The van der Waals surface area contributed by atoms with Crippen LogP contribution in [-0.4, -0.2) is 38.4 Å². The average molecular weight is 303 g/mol. The number of hydrogen-bond acceptors (Lipinski definition) is 6. The maximum absolute atomic E-state index is 9.49. The average Bonchev–Trinajstić information content (AvgIpc) is 2.74. The Hall–Kier alpha value is -0.170. The molecule has 0 bridgehead atoms. The number of rotatable bonds is 9. The first-order chi connectivity index (χ1) is 8.95. The molecule has 0 saturated heterocycles. The topological polar surface area (TPSA) is 58.0 Å². The summed E-state index contributed by atoms with van der Waals surface area (Å²) in [4.78, 5) is 4.33. The second-order valence-corrected chi connectivity index (χ2v) is 7.52. The van der Waals surface area contributed by atoms with Gasteiger partial charge >= 0.3 is 0 Å². The SMILES string of the molecule is Cc1nsc(SCCCCC(C)(CO)NC(C)C)n1. The zero-order valence-corrected chi connectivity index (χ0v) is 13.9. The van der Waals surface area contributed by atoms with Crippen molar-refractivity contribution in [3.63, 3.8) is 0 Å². The van der Waals surface area contributed by atoms with Gasteiger partial charge in [-0.25, -0.2) is 4.98 Å². The molecule has 110 valence electrons. The second-order valence-electron chi connectivity index (χ2n) is 5.43. The summed E-state index contributed by atoms with van der Waals surface area (Å²) in [5.74, 6) is 1.93. The molecule has 6 heteroatoms. The fourth-order valence-corrected chi connectivity index (χ4v) is 3.72. The Morgan fingerprint density at radius 1 is 1.42 bits per heavy atom. The highest BCUT2D eigenvalue weighted by atomic mass is 32.2. The molecule has 0 aliphatic heterocycles. The van der Waals surface area contributed by atoms with E-state index in [0.717, 1.165) is 35.2 Å². The molecule has 1 unspecified atom stereocenters. The van der Waals surface area contributed by atoms with Gasteiger partial charge in [-0.05, 0) is 38.2 Å². The van der Waals surface area contributed by atoms with Crippen molar-refractivity contribution >= 4 is 23.3 Å². The number of aromatic nitrogens is 2. The van der Waals surface area contributed by atoms with Crippen LogP contribution in [0.1, 0.15) is 45.9 Å². The second kappa shape index (κ2) is 8.19. The molecule has 4 nitrogen and oxygen atoms in total. The minimum atomic E-state index is -0.155. The zero-order valence-electron chi connectivity index (χ0n) is 12.3. The van der Waals surface area contributed by atoms with Crippen molar-refractivity contribution in [3.8, 4) is 0 Å². The number of aliphatic hydroxyl groups excluding tert-OH is 1. The first kappa shape index (κ1) is 16.9. The number of nitrogens with zero attached hydrogens (tertiary/aromatic N) is 2. The normalized spacial score (nSPS) is 14.8. The maximum atomic E-state index is 9.49. The van der Waals surface area contributed by atoms with Crippen molar-refractivity contribution in [1.82, 2.24) is 14.7 Å². The van der Waals surface area contributed by atoms with E-state index in [-0.39, 0.29) is 12.1 Å². The van der Waals surface area contributed by atoms with Gasteiger partial charge in [0, 0.05) is 17.3 Å². The van der Waals surface area contributed by atoms with E-state index < -0.39 is 0 Å². The predicted octanol–water partition coefficient (Wildman–Crippen LogP) is 2.86. The molecule has 1 atom stereocenters. The quantitative estimate of drug-likeness (QED) is 0.543. The minimum Gasteiger partial charge on any atom is -0.394 e. The zero-order chi connectivity index (χ0) is 14.3. The van der Waals surface area contributed by atoms with E-state index >= 15 is 0 Å². The lowest BCUT2D eigenvalue weighted by Crippen LogP contribution is -2.49. The van der Waals surface area contributed by atoms with Gasteiger partial charge in [-0.3, -0.25) is 0 Å². The van der Waals surface area contributed by atoms with Crippen LogP contribution >= 0.6 is 23.3 Å². The van der Waals surface area contributed by atoms with Crippen LogP contribution in [-0.2, 0) is 0 Å². The van der Waals surface area contributed by atoms with Gasteiger partial charge in [-0.2, -0.15) is 4.37 Å². The summed E-state index contributed by atoms with van der Waals surface area (Å²) in [6, 6.07) is 0.399. The molecular formula is C13H25N3OS2. The van der Waals surface area contributed by atoms with Gasteiger partial charge < -0.3 is 10.4 Å². The molecule has 0 amide bonds. The first-order valence-electron chi connectivity index (χ1n) is 6.77. The van der Waals surface area contributed by atoms with Gasteiger partial charge in [-0.15, -0.1) is 0 Å². The van der Waals surface area contributed by atoms with Crippen LogP contribution in [0.2, 0.25) is 0 Å². The van der Waals surface area contributed by atoms with Crippen molar-refractivity contribution in [2.24, 2.45) is 0 Å². The van der Waals surface area contributed by atoms with Gasteiger partial charge in [0.25, 0.3) is 0 Å². The van der Waals surface area contributed by atoms with E-state index in [2.05, 4.69) is 35.4 Å². The summed E-state index contributed by atoms with van der Waals surface area (Å²) < 4.78 is 5.23. The van der Waals surface area contributed by atoms with Crippen LogP contribution in [0.25, 0.3) is 0 Å². The van der Waals surface area contributed by atoms with Crippen molar-refractivity contribution in [2.75, 3.05) is 12.4 Å². The molecular weight excluding hydrogens is 278 g/mol. The Labute approximate surface area is 124 Å². The monoisotopic (exact) mass is 303 g/mol. The van der Waals surface area contributed by atoms with Gasteiger partial charge in [0.15, 0.2) is 4.34 Å². The lowest BCUT2D eigenvalue weighted by atomic mass is 9.95. The fraction of sp³-hybridized carbons (Fsp3) is 0.846. The Kier molecular flexibility index (Phi) is 7.28. The van der Waals surface area contributed by atoms with Gasteiger partial charge in [0.2, 0.25) is 0 Å². The number of nitrogens with one attached hydrogen (secondary N) is 1. The molecule has 0 aliphatic carbocycles. The highest BCUT2D eigenvalue weighted by Crippen LogP contribution is 2.22. The van der Waals surface area contributed by atoms with E-state index in [9.17, 15) is 5.11 Å². The Morgan fingerprint density at radius 2 is 2.16 bits per heavy atom. The largest absolute Gasteiger partial charge is 0.394 e. The van der Waals surface area contributed by atoms with Crippen LogP contribution in [0.15, 0.2) is 4.34 Å². The van der Waals surface area contributed by atoms with Crippen molar-refractivity contribution in [3.05, 3.63) is 5.82 Å². The molecule has 2 N–H and O–H groups in total. The highest BCUT2D eigenvalue weighted by Gasteiger charge is 2.22. The smallest absolute Gasteiger partial charge is 0.170 e. The Balaban J connectivity index is 2.18. The summed E-state index contributed by atoms with van der Waals surface area (Å²) in [6.45, 7) is 8.43. The first-order valence-corrected chi connectivity index (χ1v) is 8.53. The molecule has 0 saturated carbocycles. The maximum Gasteiger partial charge on any atom is 0.170 e. The standard InChI is InChI=1S/C13H25N3OS2/c1-10(2)15-13(4,9-17)7-5-6-8-18-12-14-11(3)16-19-12/h10,15,17H,5-9H2,1-4H3. The van der Waals surface area contributed by atoms with Gasteiger partial charge in [-0.1, -0.05) is 32.0 Å². The molecule has 19 heavy (non-hydrogen) atoms. The van der Waals surface area contributed by atoms with Crippen LogP contribution < -0.4 is 5.32 Å². The van der Waals surface area contributed by atoms with E-state index in [1.54, 1.807) is 11.8 Å². The molecule has 1 aromatic heterocycles. The molecule has 0 radical (unpaired) electrons. The van der Waals surface area contributed by atoms with Crippen LogP contribution in [0, 0.1) is 6.92 Å². The number of aryl methyl sites for hydroxylation is 1. The summed E-state index contributed by atoms with van der Waals surface area (Å²) >= 11 is 3.25. The van der Waals surface area contributed by atoms with Crippen molar-refractivity contribution in [2.45, 2.75) is 62.9 Å². The van der Waals surface area contributed by atoms with Crippen LogP contribution in [0.3, 0.4) is 0 Å². The number of thioether (sulfide) groups is 1. The number of hydrogen-bond donors (Lipinski definition) is 2. The molecule has 0 spiro atoms. The lowest BCUT2D eigenvalue weighted by Gasteiger charge is -2.31. The van der Waals surface area contributed by atoms with Gasteiger partial charge in [0.05, 0.1) is 6.61 Å². The summed E-state index contributed by atoms with van der Waals surface area (Å²) in [7, 11) is 0. The third-order valence-electron chi connectivity index (χ3n) is 2.84. The van der Waals surface area contributed by atoms with E-state index in [1.807, 2.05) is 6.92 Å². The highest BCUT2D eigenvalue weighted by molar-refractivity contribution is 8.00. The third kappa shape index (κ3) is 6.70. The van der Waals surface area contributed by atoms with Crippen molar-refractivity contribution < 1.29 is 5.11 Å². The molecule has 0 aliphatic rings. The number of aliphatic hydroxyl groups is 1. The molecule has 1 aromatic rings. The minimum absolute atomic E-state index is 0.155. The lowest BCUT2D eigenvalue weighted by molar-refractivity contribution is 0.154. The molecule has 1 heterocycles. The molecule has 0 aromatic carbocycles. The summed E-state index contributed by atoms with van der Waals surface area (Å²) in [6.07, 6.45) is 3.25. The third-order valence-corrected chi connectivity index (χ3v) is 4.85. The van der Waals surface area contributed by atoms with E-state index in [1.165, 1.54) is 11.5 Å². The number of unbranched alkanes of at least 4 members (excludes halogenated alkanes) is 1. The Bertz CT molecular complexity index is 371. The van der Waals surface area contributed by atoms with Crippen molar-refractivity contribution in [1.29, 1.82) is 0 Å². The van der Waals surface area contributed by atoms with E-state index in [4.69, 9.17) is 0 Å². The predicted molar refractivity (Wildman–Crippen MR) is 83.0 cm³/mol. The molecule has 1 rings (SSSR count). The molecule has 0 fully saturated rings. The summed E-state index contributed by atoms with van der Waals surface area (Å²) in [5, 5.41) is 12.9. The van der Waals surface area contributed by atoms with Crippen LogP contribution in [0.5, 0.6) is 0 Å². The Morgan fingerprint density at radius 3 is 2.68 bits per heavy atom. The van der Waals surface area contributed by atoms with Crippen LogP contribution in [0.4, 0.5) is 0 Å².